The molecule has 0 saturated carbocycles. The molecular formula is C21H18ClN3O5S. The smallest absolute Gasteiger partial charge is 0.288 e. The molecule has 1 amide bonds. The van der Waals surface area contributed by atoms with Gasteiger partial charge in [0.1, 0.15) is 5.02 Å². The monoisotopic (exact) mass is 459 g/mol. The van der Waals surface area contributed by atoms with E-state index in [1.807, 2.05) is 19.9 Å². The van der Waals surface area contributed by atoms with Crippen molar-refractivity contribution in [3.63, 3.8) is 0 Å². The number of nitrogens with zero attached hydrogens (tertiary/aromatic N) is 1. The number of hydrogen-bond donors (Lipinski definition) is 2. The third-order valence-electron chi connectivity index (χ3n) is 4.59. The summed E-state index contributed by atoms with van der Waals surface area (Å²) in [6.45, 7) is 3.82. The lowest BCUT2D eigenvalue weighted by atomic mass is 10.1. The fraction of sp³-hybridized carbons (Fsp3) is 0.0952. The summed E-state index contributed by atoms with van der Waals surface area (Å²) in [4.78, 5) is 22.7. The normalized spacial score (nSPS) is 11.1. The summed E-state index contributed by atoms with van der Waals surface area (Å²) in [6, 6.07) is 14.5. The number of benzene rings is 3. The number of rotatable bonds is 6. The third kappa shape index (κ3) is 5.19. The van der Waals surface area contributed by atoms with Gasteiger partial charge >= 0.3 is 0 Å². The average molecular weight is 460 g/mol. The van der Waals surface area contributed by atoms with Gasteiger partial charge in [-0.1, -0.05) is 17.7 Å². The number of anilines is 2. The van der Waals surface area contributed by atoms with Gasteiger partial charge < -0.3 is 5.32 Å². The van der Waals surface area contributed by atoms with Crippen LogP contribution < -0.4 is 10.0 Å². The Hall–Kier alpha value is -3.43. The van der Waals surface area contributed by atoms with Gasteiger partial charge in [-0.3, -0.25) is 19.6 Å². The predicted molar refractivity (Wildman–Crippen MR) is 119 cm³/mol. The van der Waals surface area contributed by atoms with Gasteiger partial charge in [-0.05, 0) is 73.5 Å². The van der Waals surface area contributed by atoms with Crippen LogP contribution in [0.2, 0.25) is 5.02 Å². The number of halogens is 1. The maximum Gasteiger partial charge on any atom is 0.288 e. The Bertz CT molecular complexity index is 1270. The van der Waals surface area contributed by atoms with Crippen LogP contribution >= 0.6 is 11.6 Å². The van der Waals surface area contributed by atoms with E-state index < -0.39 is 20.9 Å². The molecule has 10 heteroatoms. The number of nitrogens with one attached hydrogen (secondary N) is 2. The molecule has 0 aliphatic carbocycles. The average Bonchev–Trinajstić information content (AvgIpc) is 2.71. The van der Waals surface area contributed by atoms with Crippen LogP contribution in [-0.2, 0) is 10.0 Å². The van der Waals surface area contributed by atoms with Gasteiger partial charge in [0.2, 0.25) is 0 Å². The van der Waals surface area contributed by atoms with Crippen molar-refractivity contribution in [3.8, 4) is 0 Å². The molecule has 2 N–H and O–H groups in total. The Labute approximate surface area is 184 Å². The largest absolute Gasteiger partial charge is 0.322 e. The summed E-state index contributed by atoms with van der Waals surface area (Å²) in [5.41, 5.74) is 2.45. The molecule has 0 aliphatic heterocycles. The highest BCUT2D eigenvalue weighted by Crippen LogP contribution is 2.26. The zero-order valence-electron chi connectivity index (χ0n) is 16.5. The summed E-state index contributed by atoms with van der Waals surface area (Å²) < 4.78 is 27.7. The number of aryl methyl sites for hydroxylation is 2. The number of hydrogen-bond acceptors (Lipinski definition) is 5. The molecule has 0 aliphatic rings. The Morgan fingerprint density at radius 1 is 0.935 bits per heavy atom. The molecule has 0 heterocycles. The minimum atomic E-state index is -3.81. The quantitative estimate of drug-likeness (QED) is 0.400. The van der Waals surface area contributed by atoms with Crippen LogP contribution in [0.15, 0.2) is 65.6 Å². The van der Waals surface area contributed by atoms with Crippen molar-refractivity contribution >= 4 is 44.6 Å². The predicted octanol–water partition coefficient (Wildman–Crippen LogP) is 4.92. The first-order valence-corrected chi connectivity index (χ1v) is 10.9. The summed E-state index contributed by atoms with van der Waals surface area (Å²) >= 11 is 5.75. The van der Waals surface area contributed by atoms with Crippen molar-refractivity contribution in [3.05, 3.63) is 92.5 Å². The topological polar surface area (TPSA) is 118 Å². The molecule has 0 bridgehead atoms. The fourth-order valence-corrected chi connectivity index (χ4v) is 3.97. The van der Waals surface area contributed by atoms with Crippen LogP contribution in [0.25, 0.3) is 0 Å². The van der Waals surface area contributed by atoms with Crippen molar-refractivity contribution in [2.75, 3.05) is 10.0 Å². The maximum atomic E-state index is 12.6. The Morgan fingerprint density at radius 3 is 2.19 bits per heavy atom. The van der Waals surface area contributed by atoms with Crippen LogP contribution in [-0.4, -0.2) is 19.2 Å². The van der Waals surface area contributed by atoms with Crippen LogP contribution in [0.5, 0.6) is 0 Å². The van der Waals surface area contributed by atoms with Gasteiger partial charge in [-0.15, -0.1) is 0 Å². The maximum absolute atomic E-state index is 12.6. The number of nitro benzene ring substituents is 1. The van der Waals surface area contributed by atoms with E-state index in [0.29, 0.717) is 11.4 Å². The van der Waals surface area contributed by atoms with Crippen LogP contribution in [0.4, 0.5) is 17.1 Å². The van der Waals surface area contributed by atoms with Gasteiger partial charge in [-0.2, -0.15) is 0 Å². The molecule has 0 spiro atoms. The van der Waals surface area contributed by atoms with E-state index in [-0.39, 0.29) is 21.2 Å². The molecule has 0 saturated heterocycles. The SMILES string of the molecule is Cc1ccc(NS(=O)(=O)c2ccc(NC(=O)c3ccc(Cl)c([N+](=O)[O-])c3)cc2)cc1C. The van der Waals surface area contributed by atoms with Gasteiger partial charge in [-0.25, -0.2) is 8.42 Å². The minimum Gasteiger partial charge on any atom is -0.322 e. The van der Waals surface area contributed by atoms with E-state index in [1.165, 1.54) is 36.4 Å². The molecule has 0 atom stereocenters. The first-order valence-electron chi connectivity index (χ1n) is 9.02. The number of sulfonamides is 1. The van der Waals surface area contributed by atoms with E-state index in [1.54, 1.807) is 12.1 Å². The molecule has 31 heavy (non-hydrogen) atoms. The second-order valence-electron chi connectivity index (χ2n) is 6.81. The summed E-state index contributed by atoms with van der Waals surface area (Å²) in [6.07, 6.45) is 0. The van der Waals surface area contributed by atoms with Gasteiger partial charge in [0, 0.05) is 23.0 Å². The Balaban J connectivity index is 1.75. The van der Waals surface area contributed by atoms with E-state index in [0.717, 1.165) is 17.2 Å². The van der Waals surface area contributed by atoms with Crippen molar-refractivity contribution in [1.82, 2.24) is 0 Å². The van der Waals surface area contributed by atoms with Crippen molar-refractivity contribution in [1.29, 1.82) is 0 Å². The first kappa shape index (κ1) is 22.3. The molecule has 0 fully saturated rings. The molecule has 0 aromatic heterocycles. The van der Waals surface area contributed by atoms with Crippen molar-refractivity contribution in [2.24, 2.45) is 0 Å². The Kier molecular flexibility index (Phi) is 6.28. The standard InChI is InChI=1S/C21H18ClN3O5S/c1-13-3-5-17(11-14(13)2)24-31(29,30)18-8-6-16(7-9-18)23-21(26)15-4-10-19(22)20(12-15)25(27)28/h3-12,24H,1-2H3,(H,23,26). The molecule has 3 aromatic carbocycles. The summed E-state index contributed by atoms with van der Waals surface area (Å²) in [7, 11) is -3.81. The molecule has 8 nitrogen and oxygen atoms in total. The van der Waals surface area contributed by atoms with E-state index >= 15 is 0 Å². The highest BCUT2D eigenvalue weighted by Gasteiger charge is 2.18. The lowest BCUT2D eigenvalue weighted by Gasteiger charge is -2.11. The van der Waals surface area contributed by atoms with Crippen LogP contribution in [0.1, 0.15) is 21.5 Å². The third-order valence-corrected chi connectivity index (χ3v) is 6.30. The van der Waals surface area contributed by atoms with E-state index in [4.69, 9.17) is 11.6 Å². The second-order valence-corrected chi connectivity index (χ2v) is 8.90. The zero-order valence-corrected chi connectivity index (χ0v) is 18.1. The highest BCUT2D eigenvalue weighted by atomic mass is 35.5. The fourth-order valence-electron chi connectivity index (χ4n) is 2.73. The molecule has 3 aromatic rings. The molecular weight excluding hydrogens is 442 g/mol. The number of carbonyl (C=O) groups is 1. The molecule has 0 radical (unpaired) electrons. The number of carbonyl (C=O) groups excluding carboxylic acids is 1. The lowest BCUT2D eigenvalue weighted by molar-refractivity contribution is -0.384. The number of nitro groups is 1. The van der Waals surface area contributed by atoms with Gasteiger partial charge in [0.15, 0.2) is 0 Å². The van der Waals surface area contributed by atoms with Crippen LogP contribution in [0.3, 0.4) is 0 Å². The number of amides is 1. The van der Waals surface area contributed by atoms with Crippen molar-refractivity contribution < 1.29 is 18.1 Å². The molecule has 0 unspecified atom stereocenters. The highest BCUT2D eigenvalue weighted by molar-refractivity contribution is 7.92. The first-order chi connectivity index (χ1) is 14.6. The lowest BCUT2D eigenvalue weighted by Crippen LogP contribution is -2.14. The van der Waals surface area contributed by atoms with Crippen molar-refractivity contribution in [2.45, 2.75) is 18.7 Å². The molecule has 160 valence electrons. The zero-order chi connectivity index (χ0) is 22.8. The second kappa shape index (κ2) is 8.75. The van der Waals surface area contributed by atoms with Gasteiger partial charge in [0.25, 0.3) is 21.6 Å². The summed E-state index contributed by atoms with van der Waals surface area (Å²) in [5, 5.41) is 13.5. The minimum absolute atomic E-state index is 0.0193. The van der Waals surface area contributed by atoms with Gasteiger partial charge in [0.05, 0.1) is 9.82 Å². The van der Waals surface area contributed by atoms with E-state index in [9.17, 15) is 23.3 Å². The Morgan fingerprint density at radius 2 is 1.58 bits per heavy atom. The summed E-state index contributed by atoms with van der Waals surface area (Å²) in [5.74, 6) is -0.594. The van der Waals surface area contributed by atoms with E-state index in [2.05, 4.69) is 10.0 Å². The van der Waals surface area contributed by atoms with Crippen LogP contribution in [0, 0.1) is 24.0 Å². The molecule has 3 rings (SSSR count).